The molecule has 1 fully saturated rings. The summed E-state index contributed by atoms with van der Waals surface area (Å²) in [7, 11) is -3.81. The predicted octanol–water partition coefficient (Wildman–Crippen LogP) is -0.151. The Hall–Kier alpha value is -0.380. The molecule has 0 radical (unpaired) electrons. The van der Waals surface area contributed by atoms with Crippen molar-refractivity contribution in [2.24, 2.45) is 0 Å². The molecular formula is C9H18F3N2O3S+. The molecule has 0 amide bonds. The van der Waals surface area contributed by atoms with E-state index in [1.54, 1.807) is 0 Å². The minimum atomic E-state index is -5.65. The number of alkyl halides is 3. The molecule has 1 aliphatic rings. The fourth-order valence-corrected chi connectivity index (χ4v) is 2.74. The summed E-state index contributed by atoms with van der Waals surface area (Å²) in [6.07, 6.45) is 2.98. The zero-order valence-corrected chi connectivity index (χ0v) is 11.0. The highest BCUT2D eigenvalue weighted by Crippen LogP contribution is 2.19. The maximum absolute atomic E-state index is 12.1. The van der Waals surface area contributed by atoms with E-state index < -0.39 is 26.5 Å². The number of nitrogens with zero attached hydrogens (tertiary/aromatic N) is 1. The molecule has 1 N–H and O–H groups in total. The number of nitrogens with one attached hydrogen (secondary N) is 1. The summed E-state index contributed by atoms with van der Waals surface area (Å²) >= 11 is 0. The van der Waals surface area contributed by atoms with Crippen molar-refractivity contribution < 1.29 is 30.5 Å². The molecule has 0 saturated carbocycles. The van der Waals surface area contributed by atoms with E-state index in [1.807, 2.05) is 7.05 Å². The number of hydrogen-bond acceptors (Lipinski definition) is 3. The maximum Gasteiger partial charge on any atom is 0.549 e. The van der Waals surface area contributed by atoms with E-state index in [9.17, 15) is 26.8 Å². The Morgan fingerprint density at radius 2 is 1.72 bits per heavy atom. The van der Waals surface area contributed by atoms with E-state index in [0.717, 1.165) is 32.4 Å². The zero-order chi connectivity index (χ0) is 14.0. The third-order valence-corrected chi connectivity index (χ3v) is 4.77. The molecule has 1 atom stereocenters. The Morgan fingerprint density at radius 3 is 2.17 bits per heavy atom. The van der Waals surface area contributed by atoms with E-state index in [1.165, 1.54) is 0 Å². The van der Waals surface area contributed by atoms with E-state index in [-0.39, 0.29) is 6.54 Å². The molecule has 1 saturated heterocycles. The SMILES string of the molecule is C[N+]1(CC[NH+]([O-])S(=O)(=O)C(F)(F)F)CCCCC1. The summed E-state index contributed by atoms with van der Waals surface area (Å²) in [6.45, 7) is 1.13. The molecule has 0 spiro atoms. The summed E-state index contributed by atoms with van der Waals surface area (Å²) in [5.41, 5.74) is -5.48. The number of halogens is 3. The van der Waals surface area contributed by atoms with Crippen LogP contribution in [0.5, 0.6) is 0 Å². The number of likely N-dealkylation sites (tertiary alicyclic amines) is 1. The van der Waals surface area contributed by atoms with E-state index in [2.05, 4.69) is 0 Å². The fraction of sp³-hybridized carbons (Fsp3) is 1.00. The summed E-state index contributed by atoms with van der Waals surface area (Å²) in [5, 5.41) is 11.2. The molecule has 1 rings (SSSR count). The Bertz CT molecular complexity index is 377. The molecule has 5 nitrogen and oxygen atoms in total. The van der Waals surface area contributed by atoms with Crippen molar-refractivity contribution in [1.82, 2.24) is 0 Å². The molecule has 0 aromatic rings. The van der Waals surface area contributed by atoms with Gasteiger partial charge in [0.1, 0.15) is 13.1 Å². The molecule has 18 heavy (non-hydrogen) atoms. The van der Waals surface area contributed by atoms with Crippen molar-refractivity contribution in [3.05, 3.63) is 5.21 Å². The molecular weight excluding hydrogens is 273 g/mol. The van der Waals surface area contributed by atoms with Gasteiger partial charge in [0, 0.05) is 0 Å². The van der Waals surface area contributed by atoms with Gasteiger partial charge >= 0.3 is 15.5 Å². The van der Waals surface area contributed by atoms with Gasteiger partial charge in [0.2, 0.25) is 0 Å². The van der Waals surface area contributed by atoms with Crippen molar-refractivity contribution >= 4 is 10.0 Å². The van der Waals surface area contributed by atoms with Gasteiger partial charge in [0.15, 0.2) is 0 Å². The second-order valence-electron chi connectivity index (χ2n) is 4.92. The van der Waals surface area contributed by atoms with Crippen molar-refractivity contribution in [2.75, 3.05) is 33.2 Å². The summed E-state index contributed by atoms with van der Waals surface area (Å²) in [6, 6.07) is 0. The van der Waals surface area contributed by atoms with Crippen LogP contribution in [0, 0.1) is 5.21 Å². The molecule has 0 aromatic heterocycles. The lowest BCUT2D eigenvalue weighted by Gasteiger charge is -2.38. The first-order valence-electron chi connectivity index (χ1n) is 5.76. The van der Waals surface area contributed by atoms with Crippen LogP contribution in [0.15, 0.2) is 0 Å². The number of rotatable bonds is 4. The number of likely N-dealkylation sites (N-methyl/N-ethyl adjacent to an activating group) is 1. The lowest BCUT2D eigenvalue weighted by atomic mass is 10.1. The lowest BCUT2D eigenvalue weighted by Crippen LogP contribution is -3.11. The minimum absolute atomic E-state index is 0.147. The van der Waals surface area contributed by atoms with Crippen molar-refractivity contribution in [1.29, 1.82) is 0 Å². The fourth-order valence-electron chi connectivity index (χ4n) is 2.12. The predicted molar refractivity (Wildman–Crippen MR) is 58.8 cm³/mol. The Morgan fingerprint density at radius 1 is 1.22 bits per heavy atom. The first-order chi connectivity index (χ1) is 8.08. The van der Waals surface area contributed by atoms with Crippen molar-refractivity contribution in [3.8, 4) is 0 Å². The highest BCUT2D eigenvalue weighted by atomic mass is 32.2. The Kier molecular flexibility index (Phi) is 4.63. The molecule has 0 aliphatic carbocycles. The topological polar surface area (TPSA) is 61.6 Å². The van der Waals surface area contributed by atoms with Crippen molar-refractivity contribution in [3.63, 3.8) is 0 Å². The number of hydrogen-bond donors (Lipinski definition) is 1. The third kappa shape index (κ3) is 3.56. The number of hydroxylamine groups is 1. The highest BCUT2D eigenvalue weighted by molar-refractivity contribution is 7.86. The van der Waals surface area contributed by atoms with E-state index in [4.69, 9.17) is 0 Å². The number of piperidine rings is 1. The van der Waals surface area contributed by atoms with Crippen LogP contribution in [0.4, 0.5) is 13.2 Å². The largest absolute Gasteiger partial charge is 0.618 e. The Labute approximate surface area is 104 Å². The van der Waals surface area contributed by atoms with Gasteiger partial charge in [0.05, 0.1) is 20.1 Å². The minimum Gasteiger partial charge on any atom is -0.618 e. The van der Waals surface area contributed by atoms with Crippen LogP contribution < -0.4 is 4.47 Å². The van der Waals surface area contributed by atoms with Gasteiger partial charge in [-0.1, -0.05) is 0 Å². The molecule has 0 aromatic carbocycles. The van der Waals surface area contributed by atoms with Gasteiger partial charge in [-0.2, -0.15) is 21.6 Å². The standard InChI is InChI=1S/C9H18F3N2O3S/c1-14(6-3-2-4-7-14)8-5-13(15)18(16,17)9(10,11)12/h13H,2-8H2,1H3/q+1. The number of sulfonamides is 1. The molecule has 0 bridgehead atoms. The van der Waals surface area contributed by atoms with Crippen LogP contribution in [0.1, 0.15) is 19.3 Å². The first-order valence-corrected chi connectivity index (χ1v) is 7.25. The van der Waals surface area contributed by atoms with Gasteiger partial charge < -0.3 is 9.69 Å². The summed E-state index contributed by atoms with van der Waals surface area (Å²) in [5.74, 6) is 0. The molecule has 1 heterocycles. The van der Waals surface area contributed by atoms with Crippen LogP contribution in [-0.4, -0.2) is 51.6 Å². The van der Waals surface area contributed by atoms with Crippen LogP contribution >= 0.6 is 0 Å². The van der Waals surface area contributed by atoms with Gasteiger partial charge in [0.25, 0.3) is 0 Å². The summed E-state index contributed by atoms with van der Waals surface area (Å²) in [4.78, 5) is 0. The molecule has 1 unspecified atom stereocenters. The van der Waals surface area contributed by atoms with Gasteiger partial charge in [-0.3, -0.25) is 4.47 Å². The third-order valence-electron chi connectivity index (χ3n) is 3.36. The van der Waals surface area contributed by atoms with Gasteiger partial charge in [-0.25, -0.2) is 0 Å². The average Bonchev–Trinajstić information content (AvgIpc) is 2.25. The monoisotopic (exact) mass is 291 g/mol. The molecule has 108 valence electrons. The van der Waals surface area contributed by atoms with E-state index in [0.29, 0.717) is 4.48 Å². The summed E-state index contributed by atoms with van der Waals surface area (Å²) < 4.78 is 56.8. The second-order valence-corrected chi connectivity index (χ2v) is 6.85. The first kappa shape index (κ1) is 15.7. The normalized spacial score (nSPS) is 22.7. The quantitative estimate of drug-likeness (QED) is 0.579. The molecule has 9 heteroatoms. The number of quaternary nitrogens is 2. The average molecular weight is 291 g/mol. The van der Waals surface area contributed by atoms with Crippen molar-refractivity contribution in [2.45, 2.75) is 24.8 Å². The zero-order valence-electron chi connectivity index (χ0n) is 10.2. The van der Waals surface area contributed by atoms with Crippen LogP contribution in [0.2, 0.25) is 0 Å². The van der Waals surface area contributed by atoms with Crippen LogP contribution in [-0.2, 0) is 10.0 Å². The van der Waals surface area contributed by atoms with Crippen LogP contribution in [0.3, 0.4) is 0 Å². The molecule has 1 aliphatic heterocycles. The lowest BCUT2D eigenvalue weighted by molar-refractivity contribution is -0.928. The highest BCUT2D eigenvalue weighted by Gasteiger charge is 2.51. The smallest absolute Gasteiger partial charge is 0.549 e. The van der Waals surface area contributed by atoms with Gasteiger partial charge in [-0.15, -0.1) is 0 Å². The van der Waals surface area contributed by atoms with E-state index >= 15 is 0 Å². The van der Waals surface area contributed by atoms with Gasteiger partial charge in [-0.05, 0) is 19.3 Å². The van der Waals surface area contributed by atoms with Crippen LogP contribution in [0.25, 0.3) is 0 Å². The second kappa shape index (κ2) is 5.32. The maximum atomic E-state index is 12.1. The Balaban J connectivity index is 2.58.